The number of rotatable bonds is 9. The highest BCUT2D eigenvalue weighted by Gasteiger charge is 2.31. The molecular formula is C42H45N7O4S. The van der Waals surface area contributed by atoms with Gasteiger partial charge in [0.25, 0.3) is 11.5 Å². The van der Waals surface area contributed by atoms with Gasteiger partial charge in [0.05, 0.1) is 36.9 Å². The van der Waals surface area contributed by atoms with Crippen LogP contribution in [0.2, 0.25) is 0 Å². The van der Waals surface area contributed by atoms with Gasteiger partial charge in [-0.3, -0.25) is 24.4 Å². The van der Waals surface area contributed by atoms with E-state index in [2.05, 4.69) is 51.0 Å². The predicted octanol–water partition coefficient (Wildman–Crippen LogP) is 6.06. The lowest BCUT2D eigenvalue weighted by Crippen LogP contribution is -2.45. The van der Waals surface area contributed by atoms with Crippen LogP contribution < -0.4 is 15.0 Å². The number of fused-ring (bicyclic) bond motifs is 2. The number of thiazole rings is 1. The maximum atomic E-state index is 13.6. The summed E-state index contributed by atoms with van der Waals surface area (Å²) in [4.78, 5) is 42.9. The van der Waals surface area contributed by atoms with Crippen molar-refractivity contribution in [1.82, 2.24) is 29.2 Å². The summed E-state index contributed by atoms with van der Waals surface area (Å²) in [5, 5.41) is 12.0. The highest BCUT2D eigenvalue weighted by Crippen LogP contribution is 2.38. The molecule has 0 radical (unpaired) electrons. The molecule has 1 amide bonds. The average molecular weight is 744 g/mol. The average Bonchev–Trinajstić information content (AvgIpc) is 3.51. The van der Waals surface area contributed by atoms with Crippen LogP contribution in [0.5, 0.6) is 11.5 Å². The summed E-state index contributed by atoms with van der Waals surface area (Å²) in [6.07, 6.45) is 7.55. The number of methoxy groups -OCH3 is 2. The van der Waals surface area contributed by atoms with E-state index in [-0.39, 0.29) is 23.1 Å². The molecule has 0 aliphatic carbocycles. The van der Waals surface area contributed by atoms with Crippen molar-refractivity contribution in [2.75, 3.05) is 46.9 Å². The lowest BCUT2D eigenvalue weighted by molar-refractivity contribution is -0.129. The molecule has 5 aromatic rings. The number of nitrogens with zero attached hydrogens (tertiary/aromatic N) is 7. The van der Waals surface area contributed by atoms with E-state index in [1.54, 1.807) is 44.3 Å². The fourth-order valence-corrected chi connectivity index (χ4v) is 8.62. The number of pyridine rings is 2. The number of carbonyl (C=O) groups excluding carboxylic acids is 1. The van der Waals surface area contributed by atoms with Crippen LogP contribution in [-0.2, 0) is 31.4 Å². The Morgan fingerprint density at radius 1 is 1.02 bits per heavy atom. The number of nitriles is 1. The van der Waals surface area contributed by atoms with E-state index in [0.717, 1.165) is 88.9 Å². The molecule has 7 rings (SSSR count). The number of carbonyl (C=O) groups is 1. The van der Waals surface area contributed by atoms with Gasteiger partial charge < -0.3 is 18.9 Å². The zero-order valence-electron chi connectivity index (χ0n) is 31.7. The Balaban J connectivity index is 1.03. The van der Waals surface area contributed by atoms with E-state index in [9.17, 15) is 14.9 Å². The van der Waals surface area contributed by atoms with Crippen molar-refractivity contribution in [1.29, 1.82) is 5.26 Å². The minimum absolute atomic E-state index is 0.0895. The minimum atomic E-state index is -0.247. The molecule has 11 nitrogen and oxygen atoms in total. The van der Waals surface area contributed by atoms with Crippen molar-refractivity contribution in [3.05, 3.63) is 109 Å². The molecule has 5 heterocycles. The summed E-state index contributed by atoms with van der Waals surface area (Å²) in [6.45, 7) is 11.7. The Morgan fingerprint density at radius 3 is 2.37 bits per heavy atom. The van der Waals surface area contributed by atoms with Gasteiger partial charge in [0.1, 0.15) is 28.1 Å². The van der Waals surface area contributed by atoms with Crippen molar-refractivity contribution in [3.63, 3.8) is 0 Å². The number of hydrogen-bond acceptors (Lipinski definition) is 10. The third-order valence-corrected chi connectivity index (χ3v) is 11.9. The fraction of sp³-hybridized carbons (Fsp3) is 0.357. The maximum absolute atomic E-state index is 13.6. The molecule has 3 aromatic heterocycles. The number of hydrogen-bond donors (Lipinski definition) is 0. The summed E-state index contributed by atoms with van der Waals surface area (Å²) < 4.78 is 13.5. The number of benzene rings is 2. The van der Waals surface area contributed by atoms with Gasteiger partial charge in [0, 0.05) is 81.9 Å². The number of amides is 1. The molecule has 54 heavy (non-hydrogen) atoms. The van der Waals surface area contributed by atoms with Gasteiger partial charge in [-0.25, -0.2) is 4.98 Å². The van der Waals surface area contributed by atoms with Crippen LogP contribution in [0.1, 0.15) is 50.8 Å². The SMILES string of the molecule is COc1cc(-c2cn(C)c(=O)c3cnccc23)cc(OC)c1CN1CCN(Cc2cccc3c2CCN(C(=O)/C(C#N)=C\c2nc(C)c(C)s2)C3C)CC1. The van der Waals surface area contributed by atoms with Crippen LogP contribution in [0.25, 0.3) is 28.0 Å². The van der Waals surface area contributed by atoms with Crippen molar-refractivity contribution < 1.29 is 14.3 Å². The standard InChI is InChI=1S/C42H45N7O4S/c1-26-28(3)54-40(45-26)20-31(21-43)41(50)49-13-11-33-29(8-7-9-32(33)27(49)2)23-47-14-16-48(17-15-47)25-37-38(52-5)18-30(19-39(37)53-6)36-24-46(4)42(51)35-22-44-12-10-34(35)36/h7-10,12,18-20,22,24,27H,11,13-17,23,25H2,1-6H3/b31-20-. The van der Waals surface area contributed by atoms with Gasteiger partial charge >= 0.3 is 0 Å². The summed E-state index contributed by atoms with van der Waals surface area (Å²) in [6, 6.07) is 14.3. The second-order valence-electron chi connectivity index (χ2n) is 14.1. The molecule has 278 valence electrons. The summed E-state index contributed by atoms with van der Waals surface area (Å²) in [5.41, 5.74) is 7.50. The maximum Gasteiger partial charge on any atom is 0.265 e. The third-order valence-electron chi connectivity index (χ3n) is 10.9. The molecule has 12 heteroatoms. The fourth-order valence-electron chi connectivity index (χ4n) is 7.76. The molecule has 0 saturated carbocycles. The van der Waals surface area contributed by atoms with Crippen LogP contribution in [0, 0.1) is 25.2 Å². The van der Waals surface area contributed by atoms with Crippen molar-refractivity contribution in [2.45, 2.75) is 46.3 Å². The van der Waals surface area contributed by atoms with Gasteiger partial charge in [-0.2, -0.15) is 5.26 Å². The Bertz CT molecular complexity index is 2320. The van der Waals surface area contributed by atoms with E-state index in [1.165, 1.54) is 22.5 Å². The van der Waals surface area contributed by atoms with Crippen molar-refractivity contribution in [2.24, 2.45) is 7.05 Å². The predicted molar refractivity (Wildman–Crippen MR) is 212 cm³/mol. The van der Waals surface area contributed by atoms with Gasteiger partial charge in [-0.05, 0) is 79.1 Å². The van der Waals surface area contributed by atoms with Crippen LogP contribution in [-0.4, -0.2) is 82.1 Å². The second-order valence-corrected chi connectivity index (χ2v) is 15.3. The third kappa shape index (κ3) is 7.14. The Hall–Kier alpha value is -5.35. The Morgan fingerprint density at radius 2 is 1.72 bits per heavy atom. The molecule has 1 saturated heterocycles. The van der Waals surface area contributed by atoms with Crippen molar-refractivity contribution in [3.8, 4) is 28.7 Å². The largest absolute Gasteiger partial charge is 0.496 e. The van der Waals surface area contributed by atoms with E-state index >= 15 is 0 Å². The summed E-state index contributed by atoms with van der Waals surface area (Å²) >= 11 is 1.50. The van der Waals surface area contributed by atoms with Crippen LogP contribution in [0.3, 0.4) is 0 Å². The molecule has 2 aromatic carbocycles. The molecule has 1 atom stereocenters. The first kappa shape index (κ1) is 37.0. The Kier molecular flexibility index (Phi) is 10.7. The van der Waals surface area contributed by atoms with Gasteiger partial charge in [-0.15, -0.1) is 11.3 Å². The summed E-state index contributed by atoms with van der Waals surface area (Å²) in [7, 11) is 5.12. The number of aryl methyl sites for hydroxylation is 3. The number of ether oxygens (including phenoxy) is 2. The second kappa shape index (κ2) is 15.6. The summed E-state index contributed by atoms with van der Waals surface area (Å²) in [5.74, 6) is 1.24. The quantitative estimate of drug-likeness (QED) is 0.131. The van der Waals surface area contributed by atoms with Gasteiger partial charge in [0.15, 0.2) is 0 Å². The normalized spacial score (nSPS) is 16.6. The van der Waals surface area contributed by atoms with Crippen LogP contribution in [0.15, 0.2) is 65.4 Å². The molecule has 0 bridgehead atoms. The van der Waals surface area contributed by atoms with Crippen LogP contribution >= 0.6 is 11.3 Å². The molecular weight excluding hydrogens is 699 g/mol. The molecule has 1 unspecified atom stereocenters. The smallest absolute Gasteiger partial charge is 0.265 e. The zero-order chi connectivity index (χ0) is 38.1. The molecule has 0 spiro atoms. The van der Waals surface area contributed by atoms with E-state index < -0.39 is 0 Å². The van der Waals surface area contributed by atoms with Crippen LogP contribution in [0.4, 0.5) is 0 Å². The van der Waals surface area contributed by atoms with Gasteiger partial charge in [-0.1, -0.05) is 18.2 Å². The molecule has 1 fully saturated rings. The minimum Gasteiger partial charge on any atom is -0.496 e. The molecule has 2 aliphatic heterocycles. The zero-order valence-corrected chi connectivity index (χ0v) is 32.5. The number of aromatic nitrogens is 3. The topological polar surface area (TPSA) is 117 Å². The first-order chi connectivity index (χ1) is 26.1. The molecule has 2 aliphatic rings. The molecule has 0 N–H and O–H groups in total. The first-order valence-electron chi connectivity index (χ1n) is 18.2. The monoisotopic (exact) mass is 743 g/mol. The van der Waals surface area contributed by atoms with E-state index in [4.69, 9.17) is 9.47 Å². The van der Waals surface area contributed by atoms with E-state index in [0.29, 0.717) is 23.5 Å². The van der Waals surface area contributed by atoms with E-state index in [1.807, 2.05) is 43.1 Å². The highest BCUT2D eigenvalue weighted by atomic mass is 32.1. The highest BCUT2D eigenvalue weighted by molar-refractivity contribution is 7.12. The lowest BCUT2D eigenvalue weighted by Gasteiger charge is -2.38. The van der Waals surface area contributed by atoms with Crippen molar-refractivity contribution >= 4 is 34.1 Å². The lowest BCUT2D eigenvalue weighted by atomic mass is 9.89. The first-order valence-corrected chi connectivity index (χ1v) is 19.0. The Labute approximate surface area is 319 Å². The number of piperazine rings is 1. The van der Waals surface area contributed by atoms with Gasteiger partial charge in [0.2, 0.25) is 0 Å².